The van der Waals surface area contributed by atoms with E-state index in [4.69, 9.17) is 9.98 Å². The molecule has 4 N–H and O–H groups in total. The van der Waals surface area contributed by atoms with Gasteiger partial charge in [0.05, 0.1) is 22.7 Å². The first-order valence-electron chi connectivity index (χ1n) is 13.5. The van der Waals surface area contributed by atoms with Crippen molar-refractivity contribution in [2.24, 2.45) is 9.98 Å². The van der Waals surface area contributed by atoms with Crippen LogP contribution >= 0.6 is 0 Å². The molecule has 0 amide bonds. The fourth-order valence-electron chi connectivity index (χ4n) is 4.99. The molecule has 204 valence electrons. The molecule has 40 heavy (non-hydrogen) atoms. The summed E-state index contributed by atoms with van der Waals surface area (Å²) >= 11 is 0. The van der Waals surface area contributed by atoms with Gasteiger partial charge in [-0.15, -0.1) is 0 Å². The van der Waals surface area contributed by atoms with Crippen LogP contribution in [0.1, 0.15) is 55.6 Å². The summed E-state index contributed by atoms with van der Waals surface area (Å²) in [6.07, 6.45) is 3.44. The maximum absolute atomic E-state index is 11.2. The SMILES string of the molecule is Cc1cc2c(O)c(c1)CNc1cc(C)c(C)cc1N=Cc1cc(C)cc(c1O)CNc1cc(C)c(C)cc1N=C2. The maximum atomic E-state index is 11.2. The number of phenolic OH excluding ortho intramolecular Hbond substituents is 2. The van der Waals surface area contributed by atoms with E-state index in [1.807, 2.05) is 50.2 Å². The highest BCUT2D eigenvalue weighted by atomic mass is 16.3. The largest absolute Gasteiger partial charge is 0.507 e. The molecule has 6 heteroatoms. The number of rotatable bonds is 0. The minimum Gasteiger partial charge on any atom is -0.507 e. The van der Waals surface area contributed by atoms with Gasteiger partial charge in [-0.2, -0.15) is 0 Å². The first kappa shape index (κ1) is 27.0. The molecule has 5 rings (SSSR count). The number of aliphatic imine (C=N–C) groups is 2. The molecule has 0 aromatic heterocycles. The van der Waals surface area contributed by atoms with Gasteiger partial charge >= 0.3 is 0 Å². The van der Waals surface area contributed by atoms with Gasteiger partial charge in [0.15, 0.2) is 0 Å². The van der Waals surface area contributed by atoms with Gasteiger partial charge in [0, 0.05) is 47.8 Å². The van der Waals surface area contributed by atoms with E-state index in [0.29, 0.717) is 24.2 Å². The third kappa shape index (κ3) is 5.57. The minimum absolute atomic E-state index is 0.200. The molecule has 6 nitrogen and oxygen atoms in total. The van der Waals surface area contributed by atoms with Gasteiger partial charge in [0.1, 0.15) is 11.5 Å². The summed E-state index contributed by atoms with van der Waals surface area (Å²) in [4.78, 5) is 9.61. The first-order valence-corrected chi connectivity index (χ1v) is 13.5. The summed E-state index contributed by atoms with van der Waals surface area (Å²) < 4.78 is 0. The average Bonchev–Trinajstić information content (AvgIpc) is 2.91. The zero-order chi connectivity index (χ0) is 28.6. The van der Waals surface area contributed by atoms with Crippen LogP contribution in [-0.4, -0.2) is 22.6 Å². The Morgan fingerprint density at radius 3 is 1.30 bits per heavy atom. The Morgan fingerprint density at radius 2 is 0.900 bits per heavy atom. The Morgan fingerprint density at radius 1 is 0.525 bits per heavy atom. The van der Waals surface area contributed by atoms with E-state index in [9.17, 15) is 10.2 Å². The molecule has 0 radical (unpaired) electrons. The number of benzene rings is 4. The lowest BCUT2D eigenvalue weighted by Gasteiger charge is -2.16. The zero-order valence-electron chi connectivity index (χ0n) is 24.0. The van der Waals surface area contributed by atoms with Crippen LogP contribution in [0.5, 0.6) is 11.5 Å². The number of fused-ring (bicyclic) bond motifs is 6. The molecule has 4 aromatic carbocycles. The van der Waals surface area contributed by atoms with Gasteiger partial charge in [-0.1, -0.05) is 12.1 Å². The fraction of sp³-hybridized carbons (Fsp3) is 0.235. The molecule has 0 unspecified atom stereocenters. The lowest BCUT2D eigenvalue weighted by Crippen LogP contribution is -2.04. The lowest BCUT2D eigenvalue weighted by molar-refractivity contribution is 0.467. The van der Waals surface area contributed by atoms with Gasteiger partial charge in [0.2, 0.25) is 0 Å². The fourth-order valence-corrected chi connectivity index (χ4v) is 4.99. The Hall–Kier alpha value is -4.58. The molecule has 0 atom stereocenters. The van der Waals surface area contributed by atoms with Crippen molar-refractivity contribution >= 4 is 35.2 Å². The van der Waals surface area contributed by atoms with Crippen LogP contribution in [0.25, 0.3) is 0 Å². The Labute approximate surface area is 236 Å². The van der Waals surface area contributed by atoms with E-state index in [1.165, 1.54) is 0 Å². The molecule has 0 saturated heterocycles. The van der Waals surface area contributed by atoms with Crippen LogP contribution in [0, 0.1) is 41.5 Å². The second-order valence-corrected chi connectivity index (χ2v) is 10.9. The number of aromatic hydroxyl groups is 2. The van der Waals surface area contributed by atoms with Crippen LogP contribution in [0.15, 0.2) is 58.5 Å². The van der Waals surface area contributed by atoms with Crippen LogP contribution in [-0.2, 0) is 13.1 Å². The molecule has 1 heterocycles. The van der Waals surface area contributed by atoms with Crippen molar-refractivity contribution in [3.8, 4) is 11.5 Å². The topological polar surface area (TPSA) is 89.2 Å². The monoisotopic (exact) mass is 532 g/mol. The van der Waals surface area contributed by atoms with Crippen molar-refractivity contribution in [3.63, 3.8) is 0 Å². The highest BCUT2D eigenvalue weighted by Crippen LogP contribution is 2.34. The van der Waals surface area contributed by atoms with Crippen LogP contribution in [0.3, 0.4) is 0 Å². The molecule has 4 aromatic rings. The number of aryl methyl sites for hydroxylation is 6. The lowest BCUT2D eigenvalue weighted by atomic mass is 10.0. The summed E-state index contributed by atoms with van der Waals surface area (Å²) in [7, 11) is 0. The second kappa shape index (κ2) is 10.9. The van der Waals surface area contributed by atoms with Gasteiger partial charge in [-0.25, -0.2) is 0 Å². The quantitative estimate of drug-likeness (QED) is 0.185. The third-order valence-corrected chi connectivity index (χ3v) is 7.57. The first-order chi connectivity index (χ1) is 19.1. The van der Waals surface area contributed by atoms with E-state index in [-0.39, 0.29) is 11.5 Å². The summed E-state index contributed by atoms with van der Waals surface area (Å²) in [6, 6.07) is 16.1. The summed E-state index contributed by atoms with van der Waals surface area (Å²) in [5, 5.41) is 29.4. The predicted molar refractivity (Wildman–Crippen MR) is 167 cm³/mol. The van der Waals surface area contributed by atoms with Crippen molar-refractivity contribution in [1.82, 2.24) is 0 Å². The van der Waals surface area contributed by atoms with E-state index in [2.05, 4.69) is 50.5 Å². The molecule has 0 fully saturated rings. The third-order valence-electron chi connectivity index (χ3n) is 7.57. The van der Waals surface area contributed by atoms with Gasteiger partial charge in [0.25, 0.3) is 0 Å². The highest BCUT2D eigenvalue weighted by Gasteiger charge is 2.13. The van der Waals surface area contributed by atoms with Crippen LogP contribution in [0.4, 0.5) is 22.7 Å². The molecule has 4 bridgehead atoms. The van der Waals surface area contributed by atoms with Gasteiger partial charge < -0.3 is 20.8 Å². The van der Waals surface area contributed by atoms with Crippen molar-refractivity contribution in [3.05, 3.63) is 104 Å². The van der Waals surface area contributed by atoms with Crippen LogP contribution < -0.4 is 10.6 Å². The number of anilines is 2. The smallest absolute Gasteiger partial charge is 0.129 e. The molecular weight excluding hydrogens is 496 g/mol. The molecule has 0 saturated carbocycles. The average molecular weight is 533 g/mol. The Kier molecular flexibility index (Phi) is 7.35. The normalized spacial score (nSPS) is 12.9. The van der Waals surface area contributed by atoms with E-state index in [1.54, 1.807) is 12.4 Å². The number of hydrogen-bond acceptors (Lipinski definition) is 6. The van der Waals surface area contributed by atoms with Crippen molar-refractivity contribution in [1.29, 1.82) is 0 Å². The minimum atomic E-state index is 0.200. The number of phenols is 2. The molecule has 0 spiro atoms. The summed E-state index contributed by atoms with van der Waals surface area (Å²) in [5.74, 6) is 0.399. The Bertz CT molecular complexity index is 1560. The van der Waals surface area contributed by atoms with E-state index >= 15 is 0 Å². The predicted octanol–water partition coefficient (Wildman–Crippen LogP) is 7.99. The van der Waals surface area contributed by atoms with Crippen molar-refractivity contribution in [2.45, 2.75) is 54.6 Å². The molecular formula is C34H36N4O2. The van der Waals surface area contributed by atoms with Crippen molar-refractivity contribution < 1.29 is 10.2 Å². The number of hydrogen-bond donors (Lipinski definition) is 4. The number of nitrogens with zero attached hydrogens (tertiary/aromatic N) is 2. The van der Waals surface area contributed by atoms with Crippen LogP contribution in [0.2, 0.25) is 0 Å². The molecule has 1 aliphatic heterocycles. The second-order valence-electron chi connectivity index (χ2n) is 10.9. The van der Waals surface area contributed by atoms with E-state index < -0.39 is 0 Å². The number of nitrogens with one attached hydrogen (secondary N) is 2. The Balaban J connectivity index is 1.68. The van der Waals surface area contributed by atoms with Crippen molar-refractivity contribution in [2.75, 3.05) is 10.6 Å². The van der Waals surface area contributed by atoms with Gasteiger partial charge in [-0.05, 0) is 111 Å². The molecule has 1 aliphatic rings. The zero-order valence-corrected chi connectivity index (χ0v) is 24.0. The summed E-state index contributed by atoms with van der Waals surface area (Å²) in [5.41, 5.74) is 12.7. The van der Waals surface area contributed by atoms with E-state index in [0.717, 1.165) is 67.3 Å². The summed E-state index contributed by atoms with van der Waals surface area (Å²) in [6.45, 7) is 13.1. The standard InChI is InChI=1S/C34H36N4O2/c1-19-7-25-15-35-29-11-21(3)23(5)13-31(29)37-17-27-9-20(2)10-28(34(27)40)18-38-32-14-24(6)22(4)12-30(32)36-16-26(8-19)33(25)39/h7-15,18,36-37,39-40H,16-17H2,1-6H3. The highest BCUT2D eigenvalue weighted by molar-refractivity contribution is 5.89. The maximum Gasteiger partial charge on any atom is 0.129 e. The van der Waals surface area contributed by atoms with Gasteiger partial charge in [-0.3, -0.25) is 9.98 Å². The molecule has 0 aliphatic carbocycles.